The lowest BCUT2D eigenvalue weighted by molar-refractivity contribution is -0.156. The highest BCUT2D eigenvalue weighted by Crippen LogP contribution is 2.18. The van der Waals surface area contributed by atoms with E-state index in [1.54, 1.807) is 13.8 Å². The molecule has 0 aromatic heterocycles. The molecule has 1 atom stereocenters. The summed E-state index contributed by atoms with van der Waals surface area (Å²) in [6, 6.07) is 9.66. The smallest absolute Gasteiger partial charge is 0.374 e. The van der Waals surface area contributed by atoms with Crippen molar-refractivity contribution in [3.05, 3.63) is 35.9 Å². The molecule has 0 aliphatic heterocycles. The first-order chi connectivity index (χ1) is 8.00. The van der Waals surface area contributed by atoms with Crippen molar-refractivity contribution in [1.29, 1.82) is 0 Å². The summed E-state index contributed by atoms with van der Waals surface area (Å²) in [7, 11) is 0. The first-order valence-corrected chi connectivity index (χ1v) is 5.79. The number of benzene rings is 1. The molecule has 0 aliphatic rings. The molecule has 0 saturated heterocycles. The minimum Gasteiger partial charge on any atom is -0.457 e. The molecule has 0 fully saturated rings. The van der Waals surface area contributed by atoms with Crippen LogP contribution in [0.25, 0.3) is 0 Å². The van der Waals surface area contributed by atoms with E-state index in [2.05, 4.69) is 0 Å². The lowest BCUT2D eigenvalue weighted by atomic mass is 9.96. The second kappa shape index (κ2) is 6.18. The van der Waals surface area contributed by atoms with Gasteiger partial charge >= 0.3 is 5.97 Å². The number of ketones is 1. The summed E-state index contributed by atoms with van der Waals surface area (Å²) in [5, 5.41) is 0. The van der Waals surface area contributed by atoms with Gasteiger partial charge in [-0.05, 0) is 25.3 Å². The SMILES string of the molecule is CC(C)OC(=O)C(=O)CC(C)c1ccccc1. The minimum atomic E-state index is -0.734. The fourth-order valence-electron chi connectivity index (χ4n) is 1.54. The Kier molecular flexibility index (Phi) is 4.88. The predicted octanol–water partition coefficient (Wildman–Crippen LogP) is 2.70. The van der Waals surface area contributed by atoms with Gasteiger partial charge in [0.15, 0.2) is 0 Å². The van der Waals surface area contributed by atoms with Gasteiger partial charge in [0.25, 0.3) is 0 Å². The van der Waals surface area contributed by atoms with Gasteiger partial charge in [0.1, 0.15) is 0 Å². The van der Waals surface area contributed by atoms with Gasteiger partial charge < -0.3 is 4.74 Å². The van der Waals surface area contributed by atoms with Gasteiger partial charge in [-0.2, -0.15) is 0 Å². The summed E-state index contributed by atoms with van der Waals surface area (Å²) in [6.45, 7) is 5.38. The monoisotopic (exact) mass is 234 g/mol. The van der Waals surface area contributed by atoms with E-state index in [-0.39, 0.29) is 18.4 Å². The Morgan fingerprint density at radius 3 is 2.24 bits per heavy atom. The number of carbonyl (C=O) groups is 2. The summed E-state index contributed by atoms with van der Waals surface area (Å²) in [5.74, 6) is -1.17. The summed E-state index contributed by atoms with van der Waals surface area (Å²) in [6.07, 6.45) is -0.0614. The highest BCUT2D eigenvalue weighted by molar-refractivity contribution is 6.33. The summed E-state index contributed by atoms with van der Waals surface area (Å²) in [5.41, 5.74) is 1.05. The number of carbonyl (C=O) groups excluding carboxylic acids is 2. The molecular formula is C14H18O3. The first-order valence-electron chi connectivity index (χ1n) is 5.79. The van der Waals surface area contributed by atoms with Crippen molar-refractivity contribution in [1.82, 2.24) is 0 Å². The van der Waals surface area contributed by atoms with Crippen molar-refractivity contribution in [2.45, 2.75) is 39.2 Å². The van der Waals surface area contributed by atoms with E-state index in [0.717, 1.165) is 5.56 Å². The third-order valence-electron chi connectivity index (χ3n) is 2.43. The second-order valence-corrected chi connectivity index (χ2v) is 4.39. The van der Waals surface area contributed by atoms with Gasteiger partial charge in [-0.25, -0.2) is 4.79 Å². The van der Waals surface area contributed by atoms with Crippen molar-refractivity contribution in [2.24, 2.45) is 0 Å². The highest BCUT2D eigenvalue weighted by atomic mass is 16.5. The van der Waals surface area contributed by atoms with Crippen LogP contribution in [0.1, 0.15) is 38.7 Å². The molecule has 0 amide bonds. The summed E-state index contributed by atoms with van der Waals surface area (Å²) in [4.78, 5) is 22.9. The maximum atomic E-state index is 11.6. The molecule has 0 heterocycles. The van der Waals surface area contributed by atoms with Crippen molar-refractivity contribution < 1.29 is 14.3 Å². The molecule has 1 rings (SSSR count). The van der Waals surface area contributed by atoms with Gasteiger partial charge in [-0.3, -0.25) is 4.79 Å². The normalized spacial score (nSPS) is 12.2. The standard InChI is InChI=1S/C14H18O3/c1-10(2)17-14(16)13(15)9-11(3)12-7-5-4-6-8-12/h4-8,10-11H,9H2,1-3H3. The molecule has 1 aromatic rings. The Morgan fingerprint density at radius 2 is 1.71 bits per heavy atom. The number of ether oxygens (including phenoxy) is 1. The molecule has 1 aromatic carbocycles. The van der Waals surface area contributed by atoms with Crippen LogP contribution in [0.3, 0.4) is 0 Å². The van der Waals surface area contributed by atoms with Crippen LogP contribution in [0.5, 0.6) is 0 Å². The molecular weight excluding hydrogens is 216 g/mol. The van der Waals surface area contributed by atoms with Crippen LogP contribution in [0.2, 0.25) is 0 Å². The number of hydrogen-bond donors (Lipinski definition) is 0. The number of esters is 1. The maximum Gasteiger partial charge on any atom is 0.374 e. The van der Waals surface area contributed by atoms with E-state index >= 15 is 0 Å². The fourth-order valence-corrected chi connectivity index (χ4v) is 1.54. The minimum absolute atomic E-state index is 0.0309. The lowest BCUT2D eigenvalue weighted by Crippen LogP contribution is -2.22. The van der Waals surface area contributed by atoms with Gasteiger partial charge in [-0.1, -0.05) is 37.3 Å². The van der Waals surface area contributed by atoms with E-state index in [9.17, 15) is 9.59 Å². The molecule has 0 radical (unpaired) electrons. The van der Waals surface area contributed by atoms with Crippen molar-refractivity contribution in [2.75, 3.05) is 0 Å². The molecule has 17 heavy (non-hydrogen) atoms. The van der Waals surface area contributed by atoms with E-state index in [0.29, 0.717) is 0 Å². The molecule has 0 saturated carbocycles. The van der Waals surface area contributed by atoms with Crippen LogP contribution in [0, 0.1) is 0 Å². The molecule has 0 aliphatic carbocycles. The first kappa shape index (κ1) is 13.4. The van der Waals surface area contributed by atoms with Crippen molar-refractivity contribution in [3.8, 4) is 0 Å². The quantitative estimate of drug-likeness (QED) is 0.581. The number of rotatable bonds is 5. The average molecular weight is 234 g/mol. The third-order valence-corrected chi connectivity index (χ3v) is 2.43. The second-order valence-electron chi connectivity index (χ2n) is 4.39. The zero-order valence-electron chi connectivity index (χ0n) is 10.5. The van der Waals surface area contributed by atoms with E-state index in [1.165, 1.54) is 0 Å². The van der Waals surface area contributed by atoms with Crippen LogP contribution in [0.15, 0.2) is 30.3 Å². The molecule has 0 spiro atoms. The van der Waals surface area contributed by atoms with Crippen LogP contribution in [-0.2, 0) is 14.3 Å². The van der Waals surface area contributed by atoms with Gasteiger partial charge in [0, 0.05) is 6.42 Å². The average Bonchev–Trinajstić information content (AvgIpc) is 2.29. The molecule has 0 N–H and O–H groups in total. The zero-order chi connectivity index (χ0) is 12.8. The molecule has 92 valence electrons. The van der Waals surface area contributed by atoms with Gasteiger partial charge in [-0.15, -0.1) is 0 Å². The van der Waals surface area contributed by atoms with Crippen LogP contribution in [0.4, 0.5) is 0 Å². The Morgan fingerprint density at radius 1 is 1.12 bits per heavy atom. The Balaban J connectivity index is 2.55. The fraction of sp³-hybridized carbons (Fsp3) is 0.429. The van der Waals surface area contributed by atoms with Crippen LogP contribution < -0.4 is 0 Å². The summed E-state index contributed by atoms with van der Waals surface area (Å²) < 4.78 is 4.86. The number of hydrogen-bond acceptors (Lipinski definition) is 3. The molecule has 0 bridgehead atoms. The summed E-state index contributed by atoms with van der Waals surface area (Å²) >= 11 is 0. The van der Waals surface area contributed by atoms with Crippen LogP contribution in [-0.4, -0.2) is 17.9 Å². The van der Waals surface area contributed by atoms with E-state index in [4.69, 9.17) is 4.74 Å². The Labute approximate surface area is 102 Å². The van der Waals surface area contributed by atoms with Crippen molar-refractivity contribution >= 4 is 11.8 Å². The van der Waals surface area contributed by atoms with E-state index in [1.807, 2.05) is 37.3 Å². The molecule has 1 unspecified atom stereocenters. The van der Waals surface area contributed by atoms with Crippen LogP contribution >= 0.6 is 0 Å². The maximum absolute atomic E-state index is 11.6. The Hall–Kier alpha value is -1.64. The highest BCUT2D eigenvalue weighted by Gasteiger charge is 2.20. The van der Waals surface area contributed by atoms with Gasteiger partial charge in [0.2, 0.25) is 5.78 Å². The van der Waals surface area contributed by atoms with Gasteiger partial charge in [0.05, 0.1) is 6.10 Å². The third kappa shape index (κ3) is 4.39. The lowest BCUT2D eigenvalue weighted by Gasteiger charge is -2.11. The van der Waals surface area contributed by atoms with Crippen molar-refractivity contribution in [3.63, 3.8) is 0 Å². The predicted molar refractivity (Wildman–Crippen MR) is 65.7 cm³/mol. The topological polar surface area (TPSA) is 43.4 Å². The zero-order valence-corrected chi connectivity index (χ0v) is 10.5. The number of Topliss-reactive ketones (excluding diaryl/α,β-unsaturated/α-hetero) is 1. The Bertz CT molecular complexity index is 382. The van der Waals surface area contributed by atoms with E-state index < -0.39 is 11.8 Å². The molecule has 3 nitrogen and oxygen atoms in total. The largest absolute Gasteiger partial charge is 0.457 e. The molecule has 3 heteroatoms.